The lowest BCUT2D eigenvalue weighted by molar-refractivity contribution is 0.123. The Morgan fingerprint density at radius 2 is 1.85 bits per heavy atom. The van der Waals surface area contributed by atoms with Crippen LogP contribution in [0.1, 0.15) is 18.5 Å². The van der Waals surface area contributed by atoms with Crippen LogP contribution in [0.15, 0.2) is 35.2 Å². The van der Waals surface area contributed by atoms with Gasteiger partial charge in [0.2, 0.25) is 15.9 Å². The maximum atomic E-state index is 13.0. The zero-order valence-electron chi connectivity index (χ0n) is 15.6. The van der Waals surface area contributed by atoms with E-state index in [1.54, 1.807) is 12.1 Å². The van der Waals surface area contributed by atoms with Crippen LogP contribution in [0.5, 0.6) is 17.4 Å². The summed E-state index contributed by atoms with van der Waals surface area (Å²) in [7, 11) is -0.689. The van der Waals surface area contributed by atoms with Crippen LogP contribution in [0.2, 0.25) is 0 Å². The Labute approximate surface area is 159 Å². The van der Waals surface area contributed by atoms with Crippen LogP contribution in [0.4, 0.5) is 0 Å². The molecule has 1 saturated heterocycles. The summed E-state index contributed by atoms with van der Waals surface area (Å²) < 4.78 is 43.7. The lowest BCUT2D eigenvalue weighted by atomic mass is 10.1. The largest absolute Gasteiger partial charge is 0.493 e. The monoisotopic (exact) mass is 393 g/mol. The number of ether oxygens (including phenoxy) is 3. The van der Waals surface area contributed by atoms with Gasteiger partial charge in [0.25, 0.3) is 0 Å². The number of nitrogens with zero attached hydrogens (tertiary/aromatic N) is 3. The molecule has 0 aliphatic carbocycles. The first kappa shape index (κ1) is 19.4. The molecule has 1 atom stereocenters. The summed E-state index contributed by atoms with van der Waals surface area (Å²) in [4.78, 5) is 0.163. The van der Waals surface area contributed by atoms with E-state index in [4.69, 9.17) is 14.2 Å². The number of methoxy groups -OCH3 is 2. The van der Waals surface area contributed by atoms with Crippen molar-refractivity contribution in [3.05, 3.63) is 36.0 Å². The minimum atomic E-state index is -3.67. The molecule has 0 saturated carbocycles. The van der Waals surface area contributed by atoms with Gasteiger partial charge in [0, 0.05) is 18.7 Å². The summed E-state index contributed by atoms with van der Waals surface area (Å²) in [5.41, 5.74) is 0.795. The number of benzene rings is 1. The van der Waals surface area contributed by atoms with Gasteiger partial charge in [-0.05, 0) is 38.0 Å². The fourth-order valence-electron chi connectivity index (χ4n) is 2.97. The third-order valence-corrected chi connectivity index (χ3v) is 6.26. The van der Waals surface area contributed by atoms with E-state index in [0.29, 0.717) is 30.3 Å². The molecule has 2 aromatic rings. The Kier molecular flexibility index (Phi) is 5.81. The quantitative estimate of drug-likeness (QED) is 0.742. The smallest absolute Gasteiger partial charge is 0.243 e. The van der Waals surface area contributed by atoms with Crippen molar-refractivity contribution in [1.82, 2.24) is 14.5 Å². The van der Waals surface area contributed by atoms with Crippen molar-refractivity contribution in [3.8, 4) is 17.4 Å². The first-order valence-electron chi connectivity index (χ1n) is 8.63. The van der Waals surface area contributed by atoms with Gasteiger partial charge in [0.1, 0.15) is 6.10 Å². The first-order valence-corrected chi connectivity index (χ1v) is 10.1. The summed E-state index contributed by atoms with van der Waals surface area (Å²) in [6, 6.07) is 8.13. The Balaban J connectivity index is 1.77. The van der Waals surface area contributed by atoms with Crippen molar-refractivity contribution >= 4 is 10.0 Å². The van der Waals surface area contributed by atoms with Crippen molar-refractivity contribution in [2.75, 3.05) is 27.3 Å². The molecule has 1 aromatic heterocycles. The van der Waals surface area contributed by atoms with E-state index in [2.05, 4.69) is 10.2 Å². The van der Waals surface area contributed by atoms with Gasteiger partial charge in [0.05, 0.1) is 31.4 Å². The molecule has 0 spiro atoms. The lowest BCUT2D eigenvalue weighted by Gasteiger charge is -2.31. The number of hydrogen-bond acceptors (Lipinski definition) is 7. The fraction of sp³-hybridized carbons (Fsp3) is 0.444. The molecule has 27 heavy (non-hydrogen) atoms. The Morgan fingerprint density at radius 1 is 1.07 bits per heavy atom. The van der Waals surface area contributed by atoms with Gasteiger partial charge in [-0.1, -0.05) is 0 Å². The molecule has 0 unspecified atom stereocenters. The molecule has 1 aliphatic rings. The number of sulfonamides is 1. The molecule has 1 fully saturated rings. The van der Waals surface area contributed by atoms with Gasteiger partial charge < -0.3 is 14.2 Å². The number of aryl methyl sites for hydroxylation is 1. The second-order valence-electron chi connectivity index (χ2n) is 6.27. The van der Waals surface area contributed by atoms with Gasteiger partial charge in [-0.15, -0.1) is 5.10 Å². The molecule has 8 nitrogen and oxygen atoms in total. The van der Waals surface area contributed by atoms with E-state index < -0.39 is 10.0 Å². The average molecular weight is 393 g/mol. The van der Waals surface area contributed by atoms with E-state index in [9.17, 15) is 8.42 Å². The molecule has 0 radical (unpaired) electrons. The number of hydrogen-bond donors (Lipinski definition) is 0. The SMILES string of the molecule is COc1ccc(S(=O)(=O)N2CCC[C@@H](Oc3ccc(C)nn3)C2)cc1OC. The average Bonchev–Trinajstić information content (AvgIpc) is 2.69. The van der Waals surface area contributed by atoms with Crippen molar-refractivity contribution in [1.29, 1.82) is 0 Å². The molecule has 0 amide bonds. The standard InChI is InChI=1S/C18H23N3O5S/c1-13-6-9-18(20-19-13)26-14-5-4-10-21(12-14)27(22,23)15-7-8-16(24-2)17(11-15)25-3/h6-9,11,14H,4-5,10,12H2,1-3H3/t14-/m1/s1. The Hall–Kier alpha value is -2.39. The number of rotatable bonds is 6. The topological polar surface area (TPSA) is 90.9 Å². The van der Waals surface area contributed by atoms with Crippen LogP contribution < -0.4 is 14.2 Å². The third-order valence-electron chi connectivity index (χ3n) is 4.39. The van der Waals surface area contributed by atoms with E-state index in [1.165, 1.54) is 30.7 Å². The molecule has 3 rings (SSSR count). The van der Waals surface area contributed by atoms with Gasteiger partial charge in [-0.25, -0.2) is 8.42 Å². The highest BCUT2D eigenvalue weighted by Gasteiger charge is 2.32. The van der Waals surface area contributed by atoms with Crippen LogP contribution in [0, 0.1) is 6.92 Å². The minimum absolute atomic E-state index is 0.163. The van der Waals surface area contributed by atoms with Crippen LogP contribution in [0.25, 0.3) is 0 Å². The van der Waals surface area contributed by atoms with E-state index in [-0.39, 0.29) is 17.5 Å². The molecule has 0 bridgehead atoms. The number of piperidine rings is 1. The summed E-state index contributed by atoms with van der Waals surface area (Å²) in [6.45, 7) is 2.54. The molecule has 9 heteroatoms. The highest BCUT2D eigenvalue weighted by Crippen LogP contribution is 2.31. The predicted molar refractivity (Wildman–Crippen MR) is 98.7 cm³/mol. The van der Waals surface area contributed by atoms with Gasteiger partial charge >= 0.3 is 0 Å². The lowest BCUT2D eigenvalue weighted by Crippen LogP contribution is -2.44. The molecule has 1 aliphatic heterocycles. The van der Waals surface area contributed by atoms with Gasteiger partial charge in [-0.3, -0.25) is 0 Å². The molecule has 0 N–H and O–H groups in total. The van der Waals surface area contributed by atoms with Crippen molar-refractivity contribution < 1.29 is 22.6 Å². The summed E-state index contributed by atoms with van der Waals surface area (Å²) >= 11 is 0. The van der Waals surface area contributed by atoms with Crippen molar-refractivity contribution in [2.24, 2.45) is 0 Å². The molecular formula is C18H23N3O5S. The maximum absolute atomic E-state index is 13.0. The first-order chi connectivity index (χ1) is 12.9. The van der Waals surface area contributed by atoms with Crippen molar-refractivity contribution in [3.63, 3.8) is 0 Å². The number of aromatic nitrogens is 2. The highest BCUT2D eigenvalue weighted by molar-refractivity contribution is 7.89. The normalized spacial score (nSPS) is 18.1. The van der Waals surface area contributed by atoms with Gasteiger partial charge in [0.15, 0.2) is 11.5 Å². The van der Waals surface area contributed by atoms with E-state index in [1.807, 2.05) is 13.0 Å². The summed E-state index contributed by atoms with van der Waals surface area (Å²) in [6.07, 6.45) is 1.19. The van der Waals surface area contributed by atoms with E-state index in [0.717, 1.165) is 12.1 Å². The van der Waals surface area contributed by atoms with Crippen LogP contribution in [0.3, 0.4) is 0 Å². The van der Waals surface area contributed by atoms with Crippen molar-refractivity contribution in [2.45, 2.75) is 30.8 Å². The molecule has 2 heterocycles. The molecule has 1 aromatic carbocycles. The van der Waals surface area contributed by atoms with Crippen LogP contribution in [-0.4, -0.2) is 56.3 Å². The Bertz CT molecular complexity index is 886. The Morgan fingerprint density at radius 3 is 2.52 bits per heavy atom. The van der Waals surface area contributed by atoms with Crippen LogP contribution in [-0.2, 0) is 10.0 Å². The zero-order chi connectivity index (χ0) is 19.4. The fourth-order valence-corrected chi connectivity index (χ4v) is 4.49. The second-order valence-corrected chi connectivity index (χ2v) is 8.21. The van der Waals surface area contributed by atoms with E-state index >= 15 is 0 Å². The maximum Gasteiger partial charge on any atom is 0.243 e. The summed E-state index contributed by atoms with van der Waals surface area (Å²) in [5.74, 6) is 1.25. The van der Waals surface area contributed by atoms with Gasteiger partial charge in [-0.2, -0.15) is 9.40 Å². The van der Waals surface area contributed by atoms with Crippen LogP contribution >= 0.6 is 0 Å². The third kappa shape index (κ3) is 4.30. The highest BCUT2D eigenvalue weighted by atomic mass is 32.2. The minimum Gasteiger partial charge on any atom is -0.493 e. The zero-order valence-corrected chi connectivity index (χ0v) is 16.4. The molecular weight excluding hydrogens is 370 g/mol. The second kappa shape index (κ2) is 8.10. The predicted octanol–water partition coefficient (Wildman–Crippen LogP) is 2.03. The summed E-state index contributed by atoms with van der Waals surface area (Å²) in [5, 5.41) is 7.95. The molecule has 146 valence electrons.